The number of hydrogen-bond donors (Lipinski definition) is 0. The lowest BCUT2D eigenvalue weighted by Crippen LogP contribution is -2.47. The van der Waals surface area contributed by atoms with Crippen molar-refractivity contribution in [2.45, 2.75) is 19.8 Å². The number of hydrogen-bond acceptors (Lipinski definition) is 5. The Hall–Kier alpha value is -2.14. The third-order valence-electron chi connectivity index (χ3n) is 4.38. The SMILES string of the molecule is CCOC(=O)C1CCCN(c2c(-c3ccc(Cl)cc3)c(=O)c2=O)C1. The van der Waals surface area contributed by atoms with E-state index in [2.05, 4.69) is 0 Å². The van der Waals surface area contributed by atoms with E-state index in [1.165, 1.54) is 0 Å². The molecule has 1 fully saturated rings. The molecule has 6 heteroatoms. The lowest BCUT2D eigenvalue weighted by molar-refractivity contribution is -0.148. The molecule has 1 atom stereocenters. The lowest BCUT2D eigenvalue weighted by Gasteiger charge is -2.34. The van der Waals surface area contributed by atoms with Gasteiger partial charge in [0.15, 0.2) is 0 Å². The smallest absolute Gasteiger partial charge is 0.310 e. The average molecular weight is 348 g/mol. The average Bonchev–Trinajstić information content (AvgIpc) is 2.60. The monoisotopic (exact) mass is 347 g/mol. The number of benzene rings is 1. The van der Waals surface area contributed by atoms with Crippen LogP contribution in [0, 0.1) is 5.92 Å². The number of rotatable bonds is 4. The molecular weight excluding hydrogens is 330 g/mol. The maximum absolute atomic E-state index is 12.1. The van der Waals surface area contributed by atoms with Gasteiger partial charge in [-0.1, -0.05) is 23.7 Å². The fourth-order valence-electron chi connectivity index (χ4n) is 3.20. The first-order chi connectivity index (χ1) is 11.5. The Morgan fingerprint density at radius 1 is 1.25 bits per heavy atom. The summed E-state index contributed by atoms with van der Waals surface area (Å²) in [4.78, 5) is 38.0. The molecule has 0 aromatic heterocycles. The van der Waals surface area contributed by atoms with Crippen molar-refractivity contribution < 1.29 is 9.53 Å². The van der Waals surface area contributed by atoms with Gasteiger partial charge in [0.05, 0.1) is 18.1 Å². The van der Waals surface area contributed by atoms with Crippen LogP contribution in [0.2, 0.25) is 5.02 Å². The Labute approximate surface area is 144 Å². The molecule has 0 saturated carbocycles. The van der Waals surface area contributed by atoms with Crippen molar-refractivity contribution in [3.05, 3.63) is 49.7 Å². The van der Waals surface area contributed by atoms with Crippen LogP contribution in [0.3, 0.4) is 0 Å². The number of anilines is 1. The maximum atomic E-state index is 12.1. The van der Waals surface area contributed by atoms with Crippen LogP contribution >= 0.6 is 11.6 Å². The van der Waals surface area contributed by atoms with E-state index in [0.29, 0.717) is 41.5 Å². The quantitative estimate of drug-likeness (QED) is 0.627. The topological polar surface area (TPSA) is 63.7 Å². The first kappa shape index (κ1) is 16.7. The summed E-state index contributed by atoms with van der Waals surface area (Å²) >= 11 is 5.88. The van der Waals surface area contributed by atoms with Gasteiger partial charge in [-0.2, -0.15) is 0 Å². The molecule has 24 heavy (non-hydrogen) atoms. The third-order valence-corrected chi connectivity index (χ3v) is 4.63. The second kappa shape index (κ2) is 6.77. The zero-order valence-corrected chi connectivity index (χ0v) is 14.1. The van der Waals surface area contributed by atoms with Gasteiger partial charge in [0, 0.05) is 18.1 Å². The van der Waals surface area contributed by atoms with E-state index < -0.39 is 10.9 Å². The Kier molecular flexibility index (Phi) is 4.71. The minimum atomic E-state index is -0.482. The number of nitrogens with zero attached hydrogens (tertiary/aromatic N) is 1. The number of carbonyl (C=O) groups excluding carboxylic acids is 1. The minimum absolute atomic E-state index is 0.242. The molecule has 2 aromatic rings. The second-order valence-electron chi connectivity index (χ2n) is 5.93. The van der Waals surface area contributed by atoms with Gasteiger partial charge in [-0.05, 0) is 37.5 Å². The highest BCUT2D eigenvalue weighted by atomic mass is 35.5. The molecule has 3 rings (SSSR count). The molecule has 126 valence electrons. The minimum Gasteiger partial charge on any atom is -0.466 e. The number of halogens is 1. The van der Waals surface area contributed by atoms with Gasteiger partial charge in [0.1, 0.15) is 5.69 Å². The van der Waals surface area contributed by atoms with Crippen LogP contribution in [-0.4, -0.2) is 25.7 Å². The normalized spacial score (nSPS) is 17.9. The highest BCUT2D eigenvalue weighted by molar-refractivity contribution is 6.30. The first-order valence-corrected chi connectivity index (χ1v) is 8.41. The van der Waals surface area contributed by atoms with Crippen LogP contribution in [0.1, 0.15) is 19.8 Å². The van der Waals surface area contributed by atoms with Gasteiger partial charge in [-0.25, -0.2) is 0 Å². The van der Waals surface area contributed by atoms with Crippen LogP contribution in [0.5, 0.6) is 0 Å². The van der Waals surface area contributed by atoms with Crippen molar-refractivity contribution in [2.24, 2.45) is 5.92 Å². The van der Waals surface area contributed by atoms with Gasteiger partial charge < -0.3 is 9.64 Å². The molecule has 1 aliphatic rings. The Bertz CT molecular complexity index is 821. The van der Waals surface area contributed by atoms with Crippen molar-refractivity contribution in [1.82, 2.24) is 0 Å². The predicted molar refractivity (Wildman–Crippen MR) is 93.4 cm³/mol. The molecule has 0 radical (unpaired) electrons. The van der Waals surface area contributed by atoms with Crippen LogP contribution in [-0.2, 0) is 9.53 Å². The molecule has 0 amide bonds. The summed E-state index contributed by atoms with van der Waals surface area (Å²) in [5.74, 6) is -0.505. The molecule has 1 saturated heterocycles. The summed E-state index contributed by atoms with van der Waals surface area (Å²) in [6.45, 7) is 3.17. The number of ether oxygens (including phenoxy) is 1. The lowest BCUT2D eigenvalue weighted by atomic mass is 9.93. The van der Waals surface area contributed by atoms with Crippen molar-refractivity contribution in [3.8, 4) is 11.1 Å². The summed E-state index contributed by atoms with van der Waals surface area (Å²) in [7, 11) is 0. The Balaban J connectivity index is 1.89. The van der Waals surface area contributed by atoms with Crippen molar-refractivity contribution in [3.63, 3.8) is 0 Å². The molecule has 1 aliphatic heterocycles. The van der Waals surface area contributed by atoms with Crippen LogP contribution in [0.15, 0.2) is 33.9 Å². The third kappa shape index (κ3) is 2.96. The van der Waals surface area contributed by atoms with E-state index in [1.807, 2.05) is 4.90 Å². The zero-order valence-electron chi connectivity index (χ0n) is 13.4. The number of esters is 1. The standard InChI is InChI=1S/C18H18ClNO4/c1-2-24-18(23)12-4-3-9-20(10-12)15-14(16(21)17(15)22)11-5-7-13(19)8-6-11/h5-8,12H,2-4,9-10H2,1H3. The summed E-state index contributed by atoms with van der Waals surface area (Å²) in [6.07, 6.45) is 1.52. The maximum Gasteiger partial charge on any atom is 0.310 e. The number of carbonyl (C=O) groups is 1. The molecule has 0 aliphatic carbocycles. The fourth-order valence-corrected chi connectivity index (χ4v) is 3.32. The molecule has 1 heterocycles. The molecule has 2 aromatic carbocycles. The first-order valence-electron chi connectivity index (χ1n) is 8.03. The largest absolute Gasteiger partial charge is 0.466 e. The van der Waals surface area contributed by atoms with Crippen molar-refractivity contribution in [1.29, 1.82) is 0 Å². The highest BCUT2D eigenvalue weighted by Crippen LogP contribution is 2.31. The van der Waals surface area contributed by atoms with Crippen LogP contribution in [0.25, 0.3) is 11.1 Å². The van der Waals surface area contributed by atoms with Gasteiger partial charge in [0.2, 0.25) is 10.9 Å². The second-order valence-corrected chi connectivity index (χ2v) is 6.36. The molecule has 1 unspecified atom stereocenters. The van der Waals surface area contributed by atoms with Gasteiger partial charge in [-0.3, -0.25) is 14.4 Å². The van der Waals surface area contributed by atoms with E-state index in [4.69, 9.17) is 16.3 Å². The highest BCUT2D eigenvalue weighted by Gasteiger charge is 2.33. The molecular formula is C18H18ClNO4. The molecule has 0 N–H and O–H groups in total. The van der Waals surface area contributed by atoms with E-state index in [-0.39, 0.29) is 11.9 Å². The Morgan fingerprint density at radius 3 is 2.62 bits per heavy atom. The summed E-state index contributed by atoms with van der Waals surface area (Å²) < 4.78 is 5.09. The molecule has 0 spiro atoms. The molecule has 0 bridgehead atoms. The van der Waals surface area contributed by atoms with E-state index >= 15 is 0 Å². The number of piperidine rings is 1. The zero-order chi connectivity index (χ0) is 17.3. The van der Waals surface area contributed by atoms with E-state index in [0.717, 1.165) is 12.8 Å². The fraction of sp³-hybridized carbons (Fsp3) is 0.389. The predicted octanol–water partition coefficient (Wildman–Crippen LogP) is 2.38. The summed E-state index contributed by atoms with van der Waals surface area (Å²) in [5.41, 5.74) is 0.546. The van der Waals surface area contributed by atoms with E-state index in [1.54, 1.807) is 31.2 Å². The summed E-state index contributed by atoms with van der Waals surface area (Å²) in [6, 6.07) is 6.84. The van der Waals surface area contributed by atoms with Gasteiger partial charge in [0.25, 0.3) is 0 Å². The van der Waals surface area contributed by atoms with Crippen LogP contribution < -0.4 is 15.8 Å². The Morgan fingerprint density at radius 2 is 1.96 bits per heavy atom. The van der Waals surface area contributed by atoms with E-state index in [9.17, 15) is 14.4 Å². The van der Waals surface area contributed by atoms with Crippen molar-refractivity contribution >= 4 is 23.3 Å². The van der Waals surface area contributed by atoms with Crippen LogP contribution in [0.4, 0.5) is 5.69 Å². The van der Waals surface area contributed by atoms with Gasteiger partial charge in [-0.15, -0.1) is 0 Å². The summed E-state index contributed by atoms with van der Waals surface area (Å²) in [5, 5.41) is 0.569. The molecule has 5 nitrogen and oxygen atoms in total. The van der Waals surface area contributed by atoms with Crippen molar-refractivity contribution in [2.75, 3.05) is 24.6 Å². The van der Waals surface area contributed by atoms with Gasteiger partial charge >= 0.3 is 5.97 Å².